The molecule has 2 saturated heterocycles. The van der Waals surface area contributed by atoms with Crippen LogP contribution in [0.5, 0.6) is 5.75 Å². The number of amides is 2. The number of fused-ring (bicyclic) bond motifs is 2. The molecule has 4 aliphatic heterocycles. The molecule has 0 saturated carbocycles. The van der Waals surface area contributed by atoms with E-state index < -0.39 is 0 Å². The molecule has 0 aliphatic carbocycles. The van der Waals surface area contributed by atoms with Gasteiger partial charge in [-0.25, -0.2) is 9.97 Å². The number of thiazole rings is 2. The van der Waals surface area contributed by atoms with Crippen LogP contribution in [0.4, 0.5) is 22.7 Å². The van der Waals surface area contributed by atoms with Gasteiger partial charge in [0.1, 0.15) is 15.8 Å². The van der Waals surface area contributed by atoms with Gasteiger partial charge in [-0.15, -0.1) is 22.7 Å². The Labute approximate surface area is 408 Å². The highest BCUT2D eigenvalue weighted by Crippen LogP contribution is 2.38. The number of carbonyl (C=O) groups excluding carboxylic acids is 2. The van der Waals surface area contributed by atoms with Crippen LogP contribution in [0.25, 0.3) is 55.3 Å². The lowest BCUT2D eigenvalue weighted by atomic mass is 10.0. The van der Waals surface area contributed by atoms with Crippen molar-refractivity contribution in [3.8, 4) is 49.4 Å². The van der Waals surface area contributed by atoms with E-state index >= 15 is 0 Å². The van der Waals surface area contributed by atoms with Crippen molar-refractivity contribution >= 4 is 68.9 Å². The van der Waals surface area contributed by atoms with Crippen LogP contribution < -0.4 is 25.2 Å². The van der Waals surface area contributed by atoms with E-state index in [-0.39, 0.29) is 11.8 Å². The van der Waals surface area contributed by atoms with Crippen LogP contribution in [0.3, 0.4) is 0 Å². The van der Waals surface area contributed by atoms with Gasteiger partial charge in [-0.2, -0.15) is 0 Å². The second-order valence-corrected chi connectivity index (χ2v) is 18.1. The third-order valence-corrected chi connectivity index (χ3v) is 13.8. The van der Waals surface area contributed by atoms with Gasteiger partial charge in [0, 0.05) is 118 Å². The van der Waals surface area contributed by atoms with Crippen LogP contribution in [0.2, 0.25) is 0 Å². The third kappa shape index (κ3) is 10.8. The number of morpholine rings is 2. The van der Waals surface area contributed by atoms with Crippen molar-refractivity contribution in [2.24, 2.45) is 0 Å². The van der Waals surface area contributed by atoms with Gasteiger partial charge < -0.3 is 34.6 Å². The van der Waals surface area contributed by atoms with Gasteiger partial charge >= 0.3 is 0 Å². The number of ether oxygens (including phenoxy) is 3. The lowest BCUT2D eigenvalue weighted by Gasteiger charge is -2.28. The zero-order valence-electron chi connectivity index (χ0n) is 37.8. The number of pyridine rings is 2. The van der Waals surface area contributed by atoms with Crippen molar-refractivity contribution in [3.63, 3.8) is 0 Å². The summed E-state index contributed by atoms with van der Waals surface area (Å²) in [5.74, 6) is 0.875. The van der Waals surface area contributed by atoms with Crippen molar-refractivity contribution < 1.29 is 23.8 Å². The van der Waals surface area contributed by atoms with Crippen LogP contribution >= 0.6 is 22.7 Å². The molecule has 8 heterocycles. The maximum atomic E-state index is 12.8. The fourth-order valence-corrected chi connectivity index (χ4v) is 10.0. The van der Waals surface area contributed by atoms with Crippen molar-refractivity contribution in [1.82, 2.24) is 19.9 Å². The molecule has 0 unspecified atom stereocenters. The fraction of sp³-hybridized carbons (Fsp3) is 0.185. The Morgan fingerprint density at radius 1 is 0.594 bits per heavy atom. The van der Waals surface area contributed by atoms with E-state index in [0.29, 0.717) is 12.0 Å². The summed E-state index contributed by atoms with van der Waals surface area (Å²) in [7, 11) is 1.68. The molecule has 346 valence electrons. The second kappa shape index (κ2) is 21.2. The molecule has 8 aromatic rings. The minimum Gasteiger partial charge on any atom is -0.497 e. The average Bonchev–Trinajstić information content (AvgIpc) is 4.25. The summed E-state index contributed by atoms with van der Waals surface area (Å²) in [4.78, 5) is 46.4. The summed E-state index contributed by atoms with van der Waals surface area (Å²) in [6.07, 6.45) is 9.48. The number of carbonyl (C=O) groups is 2. The molecule has 0 spiro atoms. The SMILES string of the molecule is COc1ccc(N2CCOCC2)cc1.O=C1Cc2cc(-c3csc(-c4ccncc4)n3)ccc2N1.O=C1Nc2ccc(-c3csc(-c4ccncc4)n3)cc2/C1=C/c1ccc(N2CCOCC2)cc1. The van der Waals surface area contributed by atoms with Crippen LogP contribution in [0.15, 0.2) is 145 Å². The lowest BCUT2D eigenvalue weighted by molar-refractivity contribution is -0.115. The Kier molecular flexibility index (Phi) is 13.9. The van der Waals surface area contributed by atoms with E-state index in [0.717, 1.165) is 130 Å². The van der Waals surface area contributed by atoms with E-state index in [4.69, 9.17) is 19.2 Å². The molecular weight excluding hydrogens is 905 g/mol. The molecule has 4 aliphatic rings. The zero-order valence-corrected chi connectivity index (χ0v) is 39.5. The summed E-state index contributed by atoms with van der Waals surface area (Å²) in [5, 5.41) is 11.8. The minimum atomic E-state index is -0.0832. The minimum absolute atomic E-state index is 0.0536. The largest absolute Gasteiger partial charge is 0.497 e. The average molecular weight is 953 g/mol. The highest BCUT2D eigenvalue weighted by Gasteiger charge is 2.25. The van der Waals surface area contributed by atoms with Gasteiger partial charge in [0.05, 0.1) is 51.3 Å². The van der Waals surface area contributed by atoms with E-state index in [1.165, 1.54) is 11.4 Å². The number of methoxy groups -OCH3 is 1. The molecule has 0 bridgehead atoms. The Balaban J connectivity index is 0.000000134. The smallest absolute Gasteiger partial charge is 0.256 e. The van der Waals surface area contributed by atoms with Crippen molar-refractivity contribution in [3.05, 3.63) is 161 Å². The van der Waals surface area contributed by atoms with Gasteiger partial charge in [0.15, 0.2) is 0 Å². The van der Waals surface area contributed by atoms with Gasteiger partial charge in [-0.1, -0.05) is 24.3 Å². The molecular formula is C54H48N8O5S2. The van der Waals surface area contributed by atoms with Crippen LogP contribution in [0, 0.1) is 0 Å². The molecule has 15 heteroatoms. The highest BCUT2D eigenvalue weighted by molar-refractivity contribution is 7.13. The molecule has 12 rings (SSSR count). The van der Waals surface area contributed by atoms with Crippen molar-refractivity contribution in [2.75, 3.05) is 80.1 Å². The second-order valence-electron chi connectivity index (χ2n) is 16.4. The van der Waals surface area contributed by atoms with E-state index in [1.54, 1.807) is 54.6 Å². The van der Waals surface area contributed by atoms with Gasteiger partial charge in [0.2, 0.25) is 5.91 Å². The number of nitrogens with zero attached hydrogens (tertiary/aromatic N) is 6. The first-order chi connectivity index (χ1) is 33.9. The third-order valence-electron chi connectivity index (χ3n) is 12.0. The lowest BCUT2D eigenvalue weighted by Crippen LogP contribution is -2.36. The summed E-state index contributed by atoms with van der Waals surface area (Å²) in [6, 6.07) is 36.3. The van der Waals surface area contributed by atoms with Crippen molar-refractivity contribution in [2.45, 2.75) is 6.42 Å². The van der Waals surface area contributed by atoms with Gasteiger partial charge in [-0.3, -0.25) is 19.6 Å². The number of anilines is 4. The normalized spacial score (nSPS) is 15.5. The highest BCUT2D eigenvalue weighted by atomic mass is 32.1. The maximum absolute atomic E-state index is 12.8. The Morgan fingerprint density at radius 3 is 1.67 bits per heavy atom. The first-order valence-electron chi connectivity index (χ1n) is 22.7. The molecule has 2 N–H and O–H groups in total. The Morgan fingerprint density at radius 2 is 1.12 bits per heavy atom. The Hall–Kier alpha value is -7.56. The van der Waals surface area contributed by atoms with E-state index in [9.17, 15) is 9.59 Å². The van der Waals surface area contributed by atoms with Crippen LogP contribution in [-0.2, 0) is 25.5 Å². The summed E-state index contributed by atoms with van der Waals surface area (Å²) >= 11 is 3.21. The number of hydrogen-bond acceptors (Lipinski definition) is 13. The fourth-order valence-electron chi connectivity index (χ4n) is 8.33. The number of nitrogens with one attached hydrogen (secondary N) is 2. The number of aromatic nitrogens is 4. The van der Waals surface area contributed by atoms with Crippen molar-refractivity contribution in [1.29, 1.82) is 0 Å². The standard InChI is InChI=1S/C27H22N4O2S.C16H11N3OS.C11H15NO2/c32-26-23(15-18-1-4-21(5-2-18)31-11-13-33-14-12-31)22-16-20(3-6-24(22)29-26)25-17-34-27(30-25)19-7-9-28-10-8-19;20-15-8-12-7-11(1-2-13(12)18-15)14-9-21-16(19-14)10-3-5-17-6-4-10;1-13-11-4-2-10(3-5-11)12-6-8-14-9-7-12/h1-10,15-17H,11-14H2,(H,29,32);1-7,9H,8H2,(H,18,20);2-5H,6-9H2,1H3/b23-15-;;. The monoisotopic (exact) mass is 952 g/mol. The molecule has 0 radical (unpaired) electrons. The predicted molar refractivity (Wildman–Crippen MR) is 276 cm³/mol. The van der Waals surface area contributed by atoms with Gasteiger partial charge in [0.25, 0.3) is 5.91 Å². The molecule has 2 fully saturated rings. The van der Waals surface area contributed by atoms with Crippen LogP contribution in [0.1, 0.15) is 16.7 Å². The molecule has 69 heavy (non-hydrogen) atoms. The van der Waals surface area contributed by atoms with Crippen LogP contribution in [-0.4, -0.2) is 91.5 Å². The Bertz CT molecular complexity index is 3080. The van der Waals surface area contributed by atoms with E-state index in [1.807, 2.05) is 84.3 Å². The predicted octanol–water partition coefficient (Wildman–Crippen LogP) is 10.1. The number of benzene rings is 4. The first kappa shape index (κ1) is 45.2. The summed E-state index contributed by atoms with van der Waals surface area (Å²) < 4.78 is 15.9. The molecule has 0 atom stereocenters. The van der Waals surface area contributed by atoms with E-state index in [2.05, 4.69) is 77.2 Å². The molecule has 2 amide bonds. The van der Waals surface area contributed by atoms with Gasteiger partial charge in [-0.05, 0) is 102 Å². The zero-order chi connectivity index (χ0) is 46.9. The molecule has 13 nitrogen and oxygen atoms in total. The molecule has 4 aromatic carbocycles. The molecule has 4 aromatic heterocycles. The topological polar surface area (TPSA) is 144 Å². The first-order valence-corrected chi connectivity index (χ1v) is 24.4. The summed E-state index contributed by atoms with van der Waals surface area (Å²) in [5.41, 5.74) is 13.7. The number of rotatable bonds is 8. The number of hydrogen-bond donors (Lipinski definition) is 2. The summed E-state index contributed by atoms with van der Waals surface area (Å²) in [6.45, 7) is 6.93. The maximum Gasteiger partial charge on any atom is 0.256 e. The quantitative estimate of drug-likeness (QED) is 0.141.